The van der Waals surface area contributed by atoms with Crippen molar-refractivity contribution in [3.05, 3.63) is 48.0 Å². The fourth-order valence-corrected chi connectivity index (χ4v) is 2.10. The van der Waals surface area contributed by atoms with Crippen LogP contribution in [0.15, 0.2) is 42.5 Å². The summed E-state index contributed by atoms with van der Waals surface area (Å²) < 4.78 is 0. The first-order valence-corrected chi connectivity index (χ1v) is 6.37. The molecule has 2 aromatic carbocycles. The van der Waals surface area contributed by atoms with E-state index in [4.69, 9.17) is 0 Å². The normalized spacial score (nSPS) is 14.8. The first-order valence-electron chi connectivity index (χ1n) is 6.37. The van der Waals surface area contributed by atoms with Gasteiger partial charge in [-0.3, -0.25) is 0 Å². The Labute approximate surface area is 103 Å². The van der Waals surface area contributed by atoms with E-state index in [1.807, 2.05) is 18.2 Å². The minimum atomic E-state index is -0.338. The van der Waals surface area contributed by atoms with Crippen LogP contribution in [-0.2, 0) is 0 Å². The van der Waals surface area contributed by atoms with Crippen molar-refractivity contribution in [3.8, 4) is 0 Å². The van der Waals surface area contributed by atoms with Crippen molar-refractivity contribution in [2.24, 2.45) is 5.92 Å². The van der Waals surface area contributed by atoms with E-state index >= 15 is 0 Å². The molecule has 0 aromatic heterocycles. The molecule has 90 valence electrons. The van der Waals surface area contributed by atoms with Crippen molar-refractivity contribution in [1.29, 1.82) is 0 Å². The van der Waals surface area contributed by atoms with E-state index < -0.39 is 0 Å². The topological polar surface area (TPSA) is 20.2 Å². The standard InChI is InChI=1S/C16H20O/c1-3-12(2)10-16(17)15-9-8-13-6-4-5-7-14(13)11-15/h4-9,11-12,16-17H,3,10H2,1-2H3. The van der Waals surface area contributed by atoms with Gasteiger partial charge in [0.1, 0.15) is 0 Å². The van der Waals surface area contributed by atoms with Gasteiger partial charge in [-0.1, -0.05) is 56.7 Å². The molecule has 0 bridgehead atoms. The molecule has 1 nitrogen and oxygen atoms in total. The van der Waals surface area contributed by atoms with E-state index in [2.05, 4.69) is 38.1 Å². The van der Waals surface area contributed by atoms with Crippen LogP contribution in [0.3, 0.4) is 0 Å². The predicted molar refractivity (Wildman–Crippen MR) is 73.0 cm³/mol. The predicted octanol–water partition coefficient (Wildman–Crippen LogP) is 4.31. The molecule has 2 atom stereocenters. The van der Waals surface area contributed by atoms with Crippen LogP contribution in [0.4, 0.5) is 0 Å². The van der Waals surface area contributed by atoms with Crippen molar-refractivity contribution < 1.29 is 5.11 Å². The zero-order valence-corrected chi connectivity index (χ0v) is 10.6. The van der Waals surface area contributed by atoms with Crippen LogP contribution in [0.5, 0.6) is 0 Å². The van der Waals surface area contributed by atoms with Crippen molar-refractivity contribution in [2.45, 2.75) is 32.8 Å². The third-order valence-corrected chi connectivity index (χ3v) is 3.48. The third-order valence-electron chi connectivity index (χ3n) is 3.48. The fourth-order valence-electron chi connectivity index (χ4n) is 2.10. The smallest absolute Gasteiger partial charge is 0.0792 e. The Morgan fingerprint density at radius 2 is 1.76 bits per heavy atom. The third kappa shape index (κ3) is 2.86. The zero-order chi connectivity index (χ0) is 12.3. The summed E-state index contributed by atoms with van der Waals surface area (Å²) in [6.45, 7) is 4.35. The van der Waals surface area contributed by atoms with Gasteiger partial charge in [-0.25, -0.2) is 0 Å². The fraction of sp³-hybridized carbons (Fsp3) is 0.375. The Kier molecular flexibility index (Phi) is 3.80. The Morgan fingerprint density at radius 1 is 1.06 bits per heavy atom. The molecule has 0 aliphatic rings. The molecule has 2 aromatic rings. The molecule has 0 radical (unpaired) electrons. The van der Waals surface area contributed by atoms with Crippen LogP contribution in [-0.4, -0.2) is 5.11 Å². The van der Waals surface area contributed by atoms with Crippen molar-refractivity contribution in [1.82, 2.24) is 0 Å². The van der Waals surface area contributed by atoms with Crippen LogP contribution < -0.4 is 0 Å². The molecule has 1 N–H and O–H groups in total. The first-order chi connectivity index (χ1) is 8.20. The van der Waals surface area contributed by atoms with Crippen LogP contribution in [0.25, 0.3) is 10.8 Å². The van der Waals surface area contributed by atoms with Gasteiger partial charge in [-0.05, 0) is 34.7 Å². The maximum Gasteiger partial charge on any atom is 0.0792 e. The van der Waals surface area contributed by atoms with Gasteiger partial charge in [0, 0.05) is 0 Å². The summed E-state index contributed by atoms with van der Waals surface area (Å²) in [6.07, 6.45) is 1.62. The van der Waals surface area contributed by atoms with Crippen molar-refractivity contribution in [3.63, 3.8) is 0 Å². The summed E-state index contributed by atoms with van der Waals surface area (Å²) in [4.78, 5) is 0. The van der Waals surface area contributed by atoms with Gasteiger partial charge in [-0.15, -0.1) is 0 Å². The zero-order valence-electron chi connectivity index (χ0n) is 10.6. The summed E-state index contributed by atoms with van der Waals surface area (Å²) >= 11 is 0. The molecule has 0 fully saturated rings. The Morgan fingerprint density at radius 3 is 2.47 bits per heavy atom. The SMILES string of the molecule is CCC(C)CC(O)c1ccc2ccccc2c1. The number of aliphatic hydroxyl groups is 1. The molecule has 0 aliphatic carbocycles. The molecular weight excluding hydrogens is 208 g/mol. The second-order valence-corrected chi connectivity index (χ2v) is 4.87. The van der Waals surface area contributed by atoms with Gasteiger partial charge in [0.05, 0.1) is 6.10 Å². The Balaban J connectivity index is 2.23. The summed E-state index contributed by atoms with van der Waals surface area (Å²) in [5.74, 6) is 0.566. The minimum Gasteiger partial charge on any atom is -0.388 e. The lowest BCUT2D eigenvalue weighted by atomic mass is 9.95. The van der Waals surface area contributed by atoms with Crippen LogP contribution in [0, 0.1) is 5.92 Å². The molecule has 0 saturated heterocycles. The summed E-state index contributed by atoms with van der Waals surface area (Å²) in [6, 6.07) is 14.5. The highest BCUT2D eigenvalue weighted by atomic mass is 16.3. The van der Waals surface area contributed by atoms with Gasteiger partial charge in [0.2, 0.25) is 0 Å². The summed E-state index contributed by atoms with van der Waals surface area (Å²) in [5.41, 5.74) is 1.03. The van der Waals surface area contributed by atoms with Gasteiger partial charge < -0.3 is 5.11 Å². The van der Waals surface area contributed by atoms with Crippen molar-refractivity contribution in [2.75, 3.05) is 0 Å². The lowest BCUT2D eigenvalue weighted by Gasteiger charge is -2.15. The second kappa shape index (κ2) is 5.33. The van der Waals surface area contributed by atoms with Gasteiger partial charge >= 0.3 is 0 Å². The highest BCUT2D eigenvalue weighted by molar-refractivity contribution is 5.83. The Hall–Kier alpha value is -1.34. The lowest BCUT2D eigenvalue weighted by molar-refractivity contribution is 0.146. The molecule has 0 amide bonds. The van der Waals surface area contributed by atoms with Gasteiger partial charge in [-0.2, -0.15) is 0 Å². The summed E-state index contributed by atoms with van der Waals surface area (Å²) in [5, 5.41) is 12.6. The molecule has 0 aliphatic heterocycles. The van der Waals surface area contributed by atoms with Crippen LogP contribution >= 0.6 is 0 Å². The van der Waals surface area contributed by atoms with E-state index in [1.54, 1.807) is 0 Å². The molecule has 0 spiro atoms. The number of hydrogen-bond acceptors (Lipinski definition) is 1. The van der Waals surface area contributed by atoms with E-state index in [-0.39, 0.29) is 6.10 Å². The molecule has 2 rings (SSSR count). The molecule has 0 heterocycles. The van der Waals surface area contributed by atoms with Crippen molar-refractivity contribution >= 4 is 10.8 Å². The van der Waals surface area contributed by atoms with Crippen LogP contribution in [0.2, 0.25) is 0 Å². The van der Waals surface area contributed by atoms with Gasteiger partial charge in [0.15, 0.2) is 0 Å². The summed E-state index contributed by atoms with van der Waals surface area (Å²) in [7, 11) is 0. The maximum absolute atomic E-state index is 10.2. The lowest BCUT2D eigenvalue weighted by Crippen LogP contribution is -2.03. The number of rotatable bonds is 4. The monoisotopic (exact) mass is 228 g/mol. The van der Waals surface area contributed by atoms with Crippen LogP contribution in [0.1, 0.15) is 38.4 Å². The molecular formula is C16H20O. The van der Waals surface area contributed by atoms with E-state index in [0.717, 1.165) is 18.4 Å². The van der Waals surface area contributed by atoms with E-state index in [1.165, 1.54) is 10.8 Å². The minimum absolute atomic E-state index is 0.338. The highest BCUT2D eigenvalue weighted by Crippen LogP contribution is 2.25. The van der Waals surface area contributed by atoms with E-state index in [9.17, 15) is 5.11 Å². The number of hydrogen-bond donors (Lipinski definition) is 1. The number of aliphatic hydroxyl groups excluding tert-OH is 1. The largest absolute Gasteiger partial charge is 0.388 e. The first kappa shape index (κ1) is 12.1. The Bertz CT molecular complexity index is 490. The van der Waals surface area contributed by atoms with E-state index in [0.29, 0.717) is 5.92 Å². The number of benzene rings is 2. The molecule has 1 heteroatoms. The average molecular weight is 228 g/mol. The second-order valence-electron chi connectivity index (χ2n) is 4.87. The highest BCUT2D eigenvalue weighted by Gasteiger charge is 2.11. The molecule has 17 heavy (non-hydrogen) atoms. The average Bonchev–Trinajstić information content (AvgIpc) is 2.38. The van der Waals surface area contributed by atoms with Gasteiger partial charge in [0.25, 0.3) is 0 Å². The maximum atomic E-state index is 10.2. The quantitative estimate of drug-likeness (QED) is 0.826. The molecule has 2 unspecified atom stereocenters. The molecule has 0 saturated carbocycles. The number of fused-ring (bicyclic) bond motifs is 1.